The van der Waals surface area contributed by atoms with Crippen LogP contribution in [0.2, 0.25) is 0 Å². The largest absolute Gasteiger partial charge is 0.0837 e. The predicted octanol–water partition coefficient (Wildman–Crippen LogP) is 3.68. The van der Waals surface area contributed by atoms with Crippen molar-refractivity contribution in [3.63, 3.8) is 0 Å². The maximum Gasteiger partial charge on any atom is 0.0837 e. The maximum atomic E-state index is 3.60. The van der Waals surface area contributed by atoms with Crippen molar-refractivity contribution in [3.8, 4) is 0 Å². The third-order valence-corrected chi connectivity index (χ3v) is 3.80. The van der Waals surface area contributed by atoms with Crippen molar-refractivity contribution in [2.75, 3.05) is 0 Å². The van der Waals surface area contributed by atoms with E-state index in [4.69, 9.17) is 0 Å². The van der Waals surface area contributed by atoms with Gasteiger partial charge in [0.1, 0.15) is 0 Å². The first-order chi connectivity index (χ1) is 4.17. The van der Waals surface area contributed by atoms with E-state index in [1.807, 2.05) is 0 Å². The Kier molecular flexibility index (Phi) is 2.61. The Bertz CT molecular complexity index is 99.1. The number of alkyl halides is 2. The van der Waals surface area contributed by atoms with Crippen LogP contribution in [-0.2, 0) is 0 Å². The molecular formula is C7H12Br2. The van der Waals surface area contributed by atoms with E-state index in [9.17, 15) is 0 Å². The lowest BCUT2D eigenvalue weighted by Crippen LogP contribution is -1.87. The van der Waals surface area contributed by atoms with E-state index in [0.717, 1.165) is 5.92 Å². The molecule has 0 spiro atoms. The summed E-state index contributed by atoms with van der Waals surface area (Å²) in [5.41, 5.74) is 0. The highest BCUT2D eigenvalue weighted by atomic mass is 79.9. The highest BCUT2D eigenvalue weighted by Gasteiger charge is 2.49. The molecule has 0 amide bonds. The van der Waals surface area contributed by atoms with Gasteiger partial charge in [-0.15, -0.1) is 0 Å². The average molecular weight is 256 g/mol. The molecular weight excluding hydrogens is 244 g/mol. The highest BCUT2D eigenvalue weighted by Crippen LogP contribution is 2.58. The Morgan fingerprint density at radius 1 is 1.56 bits per heavy atom. The van der Waals surface area contributed by atoms with Crippen LogP contribution in [0.25, 0.3) is 0 Å². The second-order valence-corrected chi connectivity index (χ2v) is 6.70. The van der Waals surface area contributed by atoms with Gasteiger partial charge in [0, 0.05) is 0 Å². The van der Waals surface area contributed by atoms with Crippen LogP contribution in [0.15, 0.2) is 0 Å². The Balaban J connectivity index is 2.06. The normalized spacial score (nSPS) is 30.3. The van der Waals surface area contributed by atoms with Crippen molar-refractivity contribution in [1.29, 1.82) is 0 Å². The Hall–Kier alpha value is 0.960. The van der Waals surface area contributed by atoms with Crippen LogP contribution in [-0.4, -0.2) is 3.23 Å². The summed E-state index contributed by atoms with van der Waals surface area (Å²) in [7, 11) is 0. The zero-order valence-corrected chi connectivity index (χ0v) is 8.83. The first kappa shape index (κ1) is 8.06. The molecule has 0 bridgehead atoms. The summed E-state index contributed by atoms with van der Waals surface area (Å²) in [4.78, 5) is 0. The first-order valence-corrected chi connectivity index (χ1v) is 5.13. The highest BCUT2D eigenvalue weighted by molar-refractivity contribution is 9.25. The number of halogens is 2. The molecule has 0 heterocycles. The van der Waals surface area contributed by atoms with Gasteiger partial charge < -0.3 is 0 Å². The molecule has 2 heteroatoms. The van der Waals surface area contributed by atoms with Crippen molar-refractivity contribution in [3.05, 3.63) is 0 Å². The fraction of sp³-hybridized carbons (Fsp3) is 1.00. The van der Waals surface area contributed by atoms with E-state index in [2.05, 4.69) is 38.8 Å². The summed E-state index contributed by atoms with van der Waals surface area (Å²) in [6.45, 7) is 2.24. The van der Waals surface area contributed by atoms with Crippen LogP contribution in [0.5, 0.6) is 0 Å². The summed E-state index contributed by atoms with van der Waals surface area (Å²) in [6, 6.07) is 0. The lowest BCUT2D eigenvalue weighted by atomic mass is 10.2. The predicted molar refractivity (Wildman–Crippen MR) is 48.2 cm³/mol. The molecule has 1 fully saturated rings. The summed E-state index contributed by atoms with van der Waals surface area (Å²) in [6.07, 6.45) is 5.40. The third-order valence-electron chi connectivity index (χ3n) is 1.86. The fourth-order valence-corrected chi connectivity index (χ4v) is 2.27. The smallest absolute Gasteiger partial charge is 0.0724 e. The van der Waals surface area contributed by atoms with Gasteiger partial charge in [-0.2, -0.15) is 0 Å². The Morgan fingerprint density at radius 2 is 2.11 bits per heavy atom. The van der Waals surface area contributed by atoms with Crippen LogP contribution in [0.3, 0.4) is 0 Å². The van der Waals surface area contributed by atoms with Crippen LogP contribution >= 0.6 is 31.9 Å². The molecule has 1 rings (SSSR count). The molecule has 0 radical (unpaired) electrons. The van der Waals surface area contributed by atoms with Gasteiger partial charge in [0.25, 0.3) is 0 Å². The van der Waals surface area contributed by atoms with Gasteiger partial charge >= 0.3 is 0 Å². The van der Waals surface area contributed by atoms with Gasteiger partial charge in [-0.05, 0) is 18.8 Å². The average Bonchev–Trinajstić information content (AvgIpc) is 2.35. The summed E-state index contributed by atoms with van der Waals surface area (Å²) >= 11 is 7.20. The molecule has 0 N–H and O–H groups in total. The van der Waals surface area contributed by atoms with Crippen molar-refractivity contribution < 1.29 is 0 Å². The molecule has 9 heavy (non-hydrogen) atoms. The van der Waals surface area contributed by atoms with Crippen molar-refractivity contribution in [2.24, 2.45) is 5.92 Å². The first-order valence-electron chi connectivity index (χ1n) is 3.54. The standard InChI is InChI=1S/C7H12Br2/c1-2-3-4-6-5-7(6,8)9/h6H,2-5H2,1H3. The maximum absolute atomic E-state index is 3.60. The zero-order chi connectivity index (χ0) is 6.91. The van der Waals surface area contributed by atoms with Gasteiger partial charge in [-0.3, -0.25) is 0 Å². The van der Waals surface area contributed by atoms with E-state index in [1.165, 1.54) is 25.7 Å². The van der Waals surface area contributed by atoms with E-state index in [1.54, 1.807) is 0 Å². The van der Waals surface area contributed by atoms with Gasteiger partial charge in [0.2, 0.25) is 0 Å². The lowest BCUT2D eigenvalue weighted by molar-refractivity contribution is 0.654. The molecule has 0 nitrogen and oxygen atoms in total. The molecule has 0 saturated heterocycles. The van der Waals surface area contributed by atoms with E-state index >= 15 is 0 Å². The molecule has 54 valence electrons. The SMILES string of the molecule is CCCCC1CC1(Br)Br. The second kappa shape index (κ2) is 2.91. The molecule has 0 aromatic rings. The lowest BCUT2D eigenvalue weighted by Gasteiger charge is -1.96. The molecule has 0 aliphatic heterocycles. The van der Waals surface area contributed by atoms with Crippen LogP contribution in [0.1, 0.15) is 32.6 Å². The summed E-state index contributed by atoms with van der Waals surface area (Å²) in [5, 5.41) is 0. The fourth-order valence-electron chi connectivity index (χ4n) is 1.03. The Morgan fingerprint density at radius 3 is 2.44 bits per heavy atom. The second-order valence-electron chi connectivity index (χ2n) is 2.80. The minimum atomic E-state index is 0.342. The van der Waals surface area contributed by atoms with Gasteiger partial charge in [0.15, 0.2) is 0 Å². The molecule has 1 atom stereocenters. The van der Waals surface area contributed by atoms with Gasteiger partial charge in [-0.1, -0.05) is 51.6 Å². The number of rotatable bonds is 3. The monoisotopic (exact) mass is 254 g/mol. The Labute approximate surface area is 73.7 Å². The minimum absolute atomic E-state index is 0.342. The molecule has 1 unspecified atom stereocenters. The summed E-state index contributed by atoms with van der Waals surface area (Å²) < 4.78 is 0.342. The van der Waals surface area contributed by atoms with Crippen molar-refractivity contribution in [1.82, 2.24) is 0 Å². The minimum Gasteiger partial charge on any atom is -0.0724 e. The van der Waals surface area contributed by atoms with E-state index in [-0.39, 0.29) is 0 Å². The molecule has 1 saturated carbocycles. The number of unbranched alkanes of at least 4 members (excludes halogenated alkanes) is 1. The third kappa shape index (κ3) is 2.23. The molecule has 0 aromatic carbocycles. The number of hydrogen-bond donors (Lipinski definition) is 0. The summed E-state index contributed by atoms with van der Waals surface area (Å²) in [5.74, 6) is 0.900. The number of hydrogen-bond acceptors (Lipinski definition) is 0. The van der Waals surface area contributed by atoms with Gasteiger partial charge in [0.05, 0.1) is 3.23 Å². The molecule has 1 aliphatic rings. The van der Waals surface area contributed by atoms with E-state index in [0.29, 0.717) is 3.23 Å². The van der Waals surface area contributed by atoms with Crippen LogP contribution in [0.4, 0.5) is 0 Å². The van der Waals surface area contributed by atoms with Crippen molar-refractivity contribution >= 4 is 31.9 Å². The molecule has 1 aliphatic carbocycles. The quantitative estimate of drug-likeness (QED) is 0.675. The van der Waals surface area contributed by atoms with Crippen LogP contribution < -0.4 is 0 Å². The molecule has 0 aromatic heterocycles. The van der Waals surface area contributed by atoms with Gasteiger partial charge in [-0.25, -0.2) is 0 Å². The van der Waals surface area contributed by atoms with E-state index < -0.39 is 0 Å². The van der Waals surface area contributed by atoms with Crippen molar-refractivity contribution in [2.45, 2.75) is 35.8 Å². The van der Waals surface area contributed by atoms with Crippen LogP contribution in [0, 0.1) is 5.92 Å². The zero-order valence-electron chi connectivity index (χ0n) is 5.66. The topological polar surface area (TPSA) is 0 Å².